The van der Waals surface area contributed by atoms with Crippen molar-refractivity contribution in [3.63, 3.8) is 0 Å². The molecule has 104 valence electrons. The Labute approximate surface area is 120 Å². The summed E-state index contributed by atoms with van der Waals surface area (Å²) < 4.78 is 0. The Morgan fingerprint density at radius 1 is 0.800 bits per heavy atom. The van der Waals surface area contributed by atoms with E-state index in [2.05, 4.69) is 12.1 Å². The van der Waals surface area contributed by atoms with E-state index in [0.29, 0.717) is 5.92 Å². The van der Waals surface area contributed by atoms with E-state index in [1.165, 1.54) is 43.2 Å². The van der Waals surface area contributed by atoms with Crippen molar-refractivity contribution in [2.24, 2.45) is 0 Å². The van der Waals surface area contributed by atoms with E-state index < -0.39 is 0 Å². The highest BCUT2D eigenvalue weighted by molar-refractivity contribution is 5.82. The van der Waals surface area contributed by atoms with Crippen LogP contribution in [0.25, 0.3) is 11.1 Å². The molecule has 0 unspecified atom stereocenters. The van der Waals surface area contributed by atoms with Gasteiger partial charge in [-0.15, -0.1) is 0 Å². The number of rotatable bonds is 2. The van der Waals surface area contributed by atoms with Gasteiger partial charge in [-0.1, -0.05) is 55.7 Å². The van der Waals surface area contributed by atoms with Crippen LogP contribution >= 0.6 is 0 Å². The molecule has 2 aromatic carbocycles. The molecule has 0 bridgehead atoms. The Balaban J connectivity index is 2.06. The predicted molar refractivity (Wildman–Crippen MR) is 86.5 cm³/mol. The van der Waals surface area contributed by atoms with Crippen LogP contribution in [0.15, 0.2) is 42.5 Å². The van der Waals surface area contributed by atoms with E-state index in [-0.39, 0.29) is 0 Å². The molecule has 0 aromatic heterocycles. The highest BCUT2D eigenvalue weighted by atomic mass is 14.6. The molecule has 0 atom stereocenters. The van der Waals surface area contributed by atoms with Crippen molar-refractivity contribution in [3.05, 3.63) is 48.0 Å². The van der Waals surface area contributed by atoms with Crippen LogP contribution in [0.3, 0.4) is 0 Å². The molecule has 0 spiro atoms. The molecule has 2 aromatic rings. The van der Waals surface area contributed by atoms with Gasteiger partial charge in [0.1, 0.15) is 0 Å². The molecule has 1 saturated carbocycles. The summed E-state index contributed by atoms with van der Waals surface area (Å²) in [7, 11) is 0. The average Bonchev–Trinajstić information content (AvgIpc) is 2.49. The molecule has 20 heavy (non-hydrogen) atoms. The summed E-state index contributed by atoms with van der Waals surface area (Å²) in [6.07, 6.45) is 6.35. The Hall–Kier alpha value is -1.96. The molecule has 1 aliphatic carbocycles. The first kappa shape index (κ1) is 13.0. The maximum atomic E-state index is 6.47. The summed E-state index contributed by atoms with van der Waals surface area (Å²) in [5.41, 5.74) is 17.9. The number of benzene rings is 2. The Morgan fingerprint density at radius 2 is 1.50 bits per heavy atom. The van der Waals surface area contributed by atoms with Crippen molar-refractivity contribution in [2.45, 2.75) is 38.0 Å². The zero-order valence-electron chi connectivity index (χ0n) is 11.8. The van der Waals surface area contributed by atoms with Gasteiger partial charge in [-0.25, -0.2) is 0 Å². The van der Waals surface area contributed by atoms with Gasteiger partial charge in [0.05, 0.1) is 0 Å². The highest BCUT2D eigenvalue weighted by Gasteiger charge is 2.21. The summed E-state index contributed by atoms with van der Waals surface area (Å²) in [5.74, 6) is 0.535. The molecule has 2 nitrogen and oxygen atoms in total. The lowest BCUT2D eigenvalue weighted by atomic mass is 9.81. The molecular formula is C18H22N2. The quantitative estimate of drug-likeness (QED) is 0.782. The summed E-state index contributed by atoms with van der Waals surface area (Å²) >= 11 is 0. The van der Waals surface area contributed by atoms with Gasteiger partial charge in [0.2, 0.25) is 0 Å². The van der Waals surface area contributed by atoms with Gasteiger partial charge in [0.25, 0.3) is 0 Å². The highest BCUT2D eigenvalue weighted by Crippen LogP contribution is 2.42. The standard InChI is InChI=1S/C18H22N2/c19-16-12-11-15(13-7-3-1-4-8-13)18(20)17(16)14-9-5-2-6-10-14/h1,3-4,7-8,11-12,14H,2,5-6,9-10,19-20H2. The van der Waals surface area contributed by atoms with Crippen molar-refractivity contribution in [3.8, 4) is 11.1 Å². The fourth-order valence-corrected chi connectivity index (χ4v) is 3.37. The van der Waals surface area contributed by atoms with E-state index >= 15 is 0 Å². The maximum absolute atomic E-state index is 6.47. The van der Waals surface area contributed by atoms with Crippen LogP contribution in [0.2, 0.25) is 0 Å². The van der Waals surface area contributed by atoms with Crippen molar-refractivity contribution in [1.29, 1.82) is 0 Å². The fraction of sp³-hybridized carbons (Fsp3) is 0.333. The van der Waals surface area contributed by atoms with Gasteiger partial charge in [0.15, 0.2) is 0 Å². The Morgan fingerprint density at radius 3 is 2.20 bits per heavy atom. The first-order valence-corrected chi connectivity index (χ1v) is 7.50. The number of hydrogen-bond donors (Lipinski definition) is 2. The molecule has 1 fully saturated rings. The molecule has 0 heterocycles. The van der Waals surface area contributed by atoms with Crippen LogP contribution in [0.1, 0.15) is 43.6 Å². The number of nitrogen functional groups attached to an aromatic ring is 2. The number of anilines is 2. The van der Waals surface area contributed by atoms with E-state index in [1.807, 2.05) is 30.3 Å². The monoisotopic (exact) mass is 266 g/mol. The minimum atomic E-state index is 0.535. The zero-order valence-corrected chi connectivity index (χ0v) is 11.8. The molecular weight excluding hydrogens is 244 g/mol. The number of hydrogen-bond acceptors (Lipinski definition) is 2. The summed E-state index contributed by atoms with van der Waals surface area (Å²) in [5, 5.41) is 0. The van der Waals surface area contributed by atoms with Gasteiger partial charge < -0.3 is 11.5 Å². The summed E-state index contributed by atoms with van der Waals surface area (Å²) in [4.78, 5) is 0. The van der Waals surface area contributed by atoms with Crippen LogP contribution < -0.4 is 11.5 Å². The molecule has 4 N–H and O–H groups in total. The van der Waals surface area contributed by atoms with E-state index in [4.69, 9.17) is 11.5 Å². The van der Waals surface area contributed by atoms with Gasteiger partial charge in [-0.2, -0.15) is 0 Å². The Kier molecular flexibility index (Phi) is 3.64. The van der Waals surface area contributed by atoms with Crippen molar-refractivity contribution < 1.29 is 0 Å². The van der Waals surface area contributed by atoms with E-state index in [1.54, 1.807) is 0 Å². The van der Waals surface area contributed by atoms with Crippen LogP contribution in [0, 0.1) is 0 Å². The largest absolute Gasteiger partial charge is 0.398 e. The summed E-state index contributed by atoms with van der Waals surface area (Å²) in [6.45, 7) is 0. The lowest BCUT2D eigenvalue weighted by Crippen LogP contribution is -2.11. The predicted octanol–water partition coefficient (Wildman–Crippen LogP) is 4.57. The normalized spacial score (nSPS) is 16.2. The molecule has 0 aliphatic heterocycles. The second kappa shape index (κ2) is 5.58. The molecule has 0 radical (unpaired) electrons. The third-order valence-corrected chi connectivity index (χ3v) is 4.42. The topological polar surface area (TPSA) is 52.0 Å². The first-order valence-electron chi connectivity index (χ1n) is 7.50. The second-order valence-corrected chi connectivity index (χ2v) is 5.73. The average molecular weight is 266 g/mol. The van der Waals surface area contributed by atoms with Crippen LogP contribution in [-0.2, 0) is 0 Å². The SMILES string of the molecule is Nc1ccc(-c2ccccc2)c(N)c1C1CCCCC1. The maximum Gasteiger partial charge on any atom is 0.0449 e. The first-order chi connectivity index (χ1) is 9.77. The third-order valence-electron chi connectivity index (χ3n) is 4.42. The van der Waals surface area contributed by atoms with Crippen molar-refractivity contribution >= 4 is 11.4 Å². The number of nitrogens with two attached hydrogens (primary N) is 2. The minimum absolute atomic E-state index is 0.535. The lowest BCUT2D eigenvalue weighted by Gasteiger charge is -2.26. The smallest absolute Gasteiger partial charge is 0.0449 e. The molecule has 0 amide bonds. The second-order valence-electron chi connectivity index (χ2n) is 5.73. The van der Waals surface area contributed by atoms with Crippen molar-refractivity contribution in [1.82, 2.24) is 0 Å². The third kappa shape index (κ3) is 2.38. The van der Waals surface area contributed by atoms with Gasteiger partial charge in [-0.3, -0.25) is 0 Å². The van der Waals surface area contributed by atoms with Gasteiger partial charge in [0, 0.05) is 22.5 Å². The van der Waals surface area contributed by atoms with Crippen LogP contribution in [-0.4, -0.2) is 0 Å². The molecule has 3 rings (SSSR count). The molecule has 0 saturated heterocycles. The molecule has 1 aliphatic rings. The molecule has 2 heteroatoms. The minimum Gasteiger partial charge on any atom is -0.398 e. The van der Waals surface area contributed by atoms with E-state index in [9.17, 15) is 0 Å². The van der Waals surface area contributed by atoms with Gasteiger partial charge in [-0.05, 0) is 30.4 Å². The fourth-order valence-electron chi connectivity index (χ4n) is 3.37. The lowest BCUT2D eigenvalue weighted by molar-refractivity contribution is 0.445. The van der Waals surface area contributed by atoms with Crippen LogP contribution in [0.4, 0.5) is 11.4 Å². The Bertz CT molecular complexity index is 584. The van der Waals surface area contributed by atoms with Gasteiger partial charge >= 0.3 is 0 Å². The van der Waals surface area contributed by atoms with Crippen molar-refractivity contribution in [2.75, 3.05) is 11.5 Å². The van der Waals surface area contributed by atoms with E-state index in [0.717, 1.165) is 16.9 Å². The zero-order chi connectivity index (χ0) is 13.9. The summed E-state index contributed by atoms with van der Waals surface area (Å²) in [6, 6.07) is 14.4. The van der Waals surface area contributed by atoms with Crippen LogP contribution in [0.5, 0.6) is 0 Å².